The molecule has 102 valence electrons. The lowest BCUT2D eigenvalue weighted by Gasteiger charge is -2.34. The van der Waals surface area contributed by atoms with Gasteiger partial charge in [-0.05, 0) is 44.7 Å². The molecule has 1 rings (SSSR count). The quantitative estimate of drug-likeness (QED) is 0.616. The third kappa shape index (κ3) is 4.94. The summed E-state index contributed by atoms with van der Waals surface area (Å²) in [6.07, 6.45) is 7.34. The molecule has 0 aliphatic heterocycles. The molecule has 0 radical (unpaired) electrons. The van der Waals surface area contributed by atoms with Gasteiger partial charge in [0, 0.05) is 12.1 Å². The number of aliphatic hydroxyl groups is 1. The molecule has 0 bridgehead atoms. The Balaban J connectivity index is 2.48. The van der Waals surface area contributed by atoms with Crippen molar-refractivity contribution in [1.29, 1.82) is 0 Å². The van der Waals surface area contributed by atoms with Crippen molar-refractivity contribution in [3.8, 4) is 0 Å². The highest BCUT2D eigenvalue weighted by atomic mass is 16.3. The van der Waals surface area contributed by atoms with Crippen molar-refractivity contribution in [2.24, 2.45) is 11.7 Å². The zero-order valence-electron chi connectivity index (χ0n) is 11.6. The van der Waals surface area contributed by atoms with E-state index in [1.54, 1.807) is 0 Å². The van der Waals surface area contributed by atoms with Gasteiger partial charge in [-0.1, -0.05) is 26.7 Å². The van der Waals surface area contributed by atoms with Crippen LogP contribution < -0.4 is 5.73 Å². The lowest BCUT2D eigenvalue weighted by atomic mass is 10.0. The Morgan fingerprint density at radius 2 is 1.71 bits per heavy atom. The Hall–Kier alpha value is -0.120. The molecule has 3 nitrogen and oxygen atoms in total. The molecule has 2 atom stereocenters. The summed E-state index contributed by atoms with van der Waals surface area (Å²) >= 11 is 0. The van der Waals surface area contributed by atoms with Crippen molar-refractivity contribution in [1.82, 2.24) is 4.90 Å². The number of hydrogen-bond donors (Lipinski definition) is 2. The zero-order valence-corrected chi connectivity index (χ0v) is 11.6. The van der Waals surface area contributed by atoms with E-state index in [1.165, 1.54) is 38.5 Å². The summed E-state index contributed by atoms with van der Waals surface area (Å²) in [5.74, 6) is 0.665. The Morgan fingerprint density at radius 3 is 2.06 bits per heavy atom. The van der Waals surface area contributed by atoms with Gasteiger partial charge in [0.05, 0.1) is 6.61 Å². The van der Waals surface area contributed by atoms with E-state index in [-0.39, 0.29) is 18.7 Å². The van der Waals surface area contributed by atoms with Gasteiger partial charge in [0.25, 0.3) is 0 Å². The van der Waals surface area contributed by atoms with Crippen LogP contribution in [-0.2, 0) is 0 Å². The summed E-state index contributed by atoms with van der Waals surface area (Å²) in [7, 11) is 0. The van der Waals surface area contributed by atoms with Gasteiger partial charge in [-0.15, -0.1) is 0 Å². The number of nitrogens with zero attached hydrogens (tertiary/aromatic N) is 1. The molecule has 3 N–H and O–H groups in total. The largest absolute Gasteiger partial charge is 0.395 e. The first-order chi connectivity index (χ1) is 8.24. The molecule has 0 aromatic carbocycles. The molecular formula is C14H30N2O. The zero-order chi connectivity index (χ0) is 12.7. The lowest BCUT2D eigenvalue weighted by Crippen LogP contribution is -2.51. The van der Waals surface area contributed by atoms with Crippen LogP contribution in [0.25, 0.3) is 0 Å². The van der Waals surface area contributed by atoms with Crippen molar-refractivity contribution in [3.63, 3.8) is 0 Å². The van der Waals surface area contributed by atoms with E-state index < -0.39 is 0 Å². The lowest BCUT2D eigenvalue weighted by molar-refractivity contribution is 0.0952. The fraction of sp³-hybridized carbons (Fsp3) is 1.00. The molecular weight excluding hydrogens is 212 g/mol. The molecule has 1 aliphatic carbocycles. The molecule has 0 saturated heterocycles. The summed E-state index contributed by atoms with van der Waals surface area (Å²) in [4.78, 5) is 2.43. The van der Waals surface area contributed by atoms with E-state index in [4.69, 9.17) is 5.73 Å². The second-order valence-corrected chi connectivity index (χ2v) is 5.41. The molecule has 0 spiro atoms. The summed E-state index contributed by atoms with van der Waals surface area (Å²) in [5, 5.41) is 9.62. The molecule has 2 unspecified atom stereocenters. The van der Waals surface area contributed by atoms with Gasteiger partial charge in [-0.25, -0.2) is 0 Å². The summed E-state index contributed by atoms with van der Waals surface area (Å²) in [5.41, 5.74) is 6.28. The van der Waals surface area contributed by atoms with E-state index in [0.717, 1.165) is 13.1 Å². The van der Waals surface area contributed by atoms with Crippen LogP contribution in [0.4, 0.5) is 0 Å². The van der Waals surface area contributed by atoms with Crippen molar-refractivity contribution < 1.29 is 5.11 Å². The van der Waals surface area contributed by atoms with Gasteiger partial charge < -0.3 is 10.8 Å². The first kappa shape index (κ1) is 14.9. The van der Waals surface area contributed by atoms with E-state index in [0.29, 0.717) is 5.92 Å². The fourth-order valence-electron chi connectivity index (χ4n) is 2.44. The molecule has 0 amide bonds. The molecule has 1 aliphatic rings. The maximum Gasteiger partial charge on any atom is 0.0602 e. The highest BCUT2D eigenvalue weighted by Gasteiger charge is 2.35. The van der Waals surface area contributed by atoms with Crippen LogP contribution in [0.5, 0.6) is 0 Å². The first-order valence-corrected chi connectivity index (χ1v) is 7.35. The highest BCUT2D eigenvalue weighted by molar-refractivity contribution is 4.93. The number of hydrogen-bond acceptors (Lipinski definition) is 3. The molecule has 1 fully saturated rings. The van der Waals surface area contributed by atoms with Gasteiger partial charge in [-0.3, -0.25) is 4.90 Å². The average molecular weight is 242 g/mol. The number of rotatable bonds is 10. The molecule has 0 aromatic rings. The van der Waals surface area contributed by atoms with Gasteiger partial charge in [0.15, 0.2) is 0 Å². The van der Waals surface area contributed by atoms with Gasteiger partial charge in [-0.2, -0.15) is 0 Å². The Bertz CT molecular complexity index is 187. The van der Waals surface area contributed by atoms with Crippen LogP contribution in [0.2, 0.25) is 0 Å². The van der Waals surface area contributed by atoms with E-state index >= 15 is 0 Å². The Morgan fingerprint density at radius 1 is 1.18 bits per heavy atom. The molecule has 0 aromatic heterocycles. The predicted molar refractivity (Wildman–Crippen MR) is 73.0 cm³/mol. The normalized spacial score (nSPS) is 19.6. The Labute approximate surface area is 106 Å². The number of aliphatic hydroxyl groups excluding tert-OH is 1. The van der Waals surface area contributed by atoms with Crippen LogP contribution in [0.1, 0.15) is 52.4 Å². The fourth-order valence-corrected chi connectivity index (χ4v) is 2.44. The highest BCUT2D eigenvalue weighted by Crippen LogP contribution is 2.34. The number of unbranched alkanes of at least 4 members (excludes halogenated alkanes) is 2. The second kappa shape index (κ2) is 8.06. The van der Waals surface area contributed by atoms with Gasteiger partial charge in [0.1, 0.15) is 0 Å². The van der Waals surface area contributed by atoms with E-state index in [2.05, 4.69) is 18.7 Å². The van der Waals surface area contributed by atoms with Crippen molar-refractivity contribution in [2.75, 3.05) is 19.7 Å². The third-order valence-electron chi connectivity index (χ3n) is 3.86. The maximum atomic E-state index is 9.62. The minimum atomic E-state index is 0.175. The van der Waals surface area contributed by atoms with Crippen LogP contribution in [0, 0.1) is 5.92 Å². The van der Waals surface area contributed by atoms with Crippen LogP contribution in [0.15, 0.2) is 0 Å². The standard InChI is InChI=1S/C14H30N2O/c1-3-5-9-16(10-6-4-2)13(11-17)14(15)12-7-8-12/h12-14,17H,3-11,15H2,1-2H3. The number of nitrogens with two attached hydrogens (primary N) is 1. The third-order valence-corrected chi connectivity index (χ3v) is 3.86. The van der Waals surface area contributed by atoms with Crippen molar-refractivity contribution in [3.05, 3.63) is 0 Å². The second-order valence-electron chi connectivity index (χ2n) is 5.41. The van der Waals surface area contributed by atoms with Crippen molar-refractivity contribution >= 4 is 0 Å². The average Bonchev–Trinajstić information content (AvgIpc) is 3.16. The maximum absolute atomic E-state index is 9.62. The first-order valence-electron chi connectivity index (χ1n) is 7.35. The SMILES string of the molecule is CCCCN(CCCC)C(CO)C(N)C1CC1. The summed E-state index contributed by atoms with van der Waals surface area (Å²) in [6.45, 7) is 6.81. The topological polar surface area (TPSA) is 49.5 Å². The predicted octanol–water partition coefficient (Wildman–Crippen LogP) is 1.99. The molecule has 3 heteroatoms. The minimum absolute atomic E-state index is 0.175. The Kier molecular flexibility index (Phi) is 7.09. The van der Waals surface area contributed by atoms with E-state index in [1.807, 2.05) is 0 Å². The molecule has 0 heterocycles. The molecule has 17 heavy (non-hydrogen) atoms. The van der Waals surface area contributed by atoms with Crippen LogP contribution in [-0.4, -0.2) is 41.8 Å². The molecule has 1 saturated carbocycles. The smallest absolute Gasteiger partial charge is 0.0602 e. The monoisotopic (exact) mass is 242 g/mol. The van der Waals surface area contributed by atoms with Crippen LogP contribution >= 0.6 is 0 Å². The van der Waals surface area contributed by atoms with Crippen molar-refractivity contribution in [2.45, 2.75) is 64.5 Å². The van der Waals surface area contributed by atoms with E-state index in [9.17, 15) is 5.11 Å². The van der Waals surface area contributed by atoms with Gasteiger partial charge >= 0.3 is 0 Å². The van der Waals surface area contributed by atoms with Gasteiger partial charge in [0.2, 0.25) is 0 Å². The summed E-state index contributed by atoms with van der Waals surface area (Å²) in [6, 6.07) is 0.356. The van der Waals surface area contributed by atoms with Crippen LogP contribution in [0.3, 0.4) is 0 Å². The summed E-state index contributed by atoms with van der Waals surface area (Å²) < 4.78 is 0. The minimum Gasteiger partial charge on any atom is -0.395 e.